The normalized spacial score (nSPS) is 17.9. The molecular formula is C26H34O4. The Morgan fingerprint density at radius 3 is 1.83 bits per heavy atom. The summed E-state index contributed by atoms with van der Waals surface area (Å²) in [6.45, 7) is 3.51. The Bertz CT molecular complexity index is 696. The molecule has 0 aromatic carbocycles. The molecule has 4 heteroatoms. The standard InChI is InChI=1S/C26H34O4/c1-5-8-11-14-17-28-24-20-23(21-27)22(4)25(29-18-15-12-9-6-2)26(24)30-19-16-13-10-7-3/h1-3,20-23H,8-19H2,4H3. The number of rotatable bonds is 16. The Balaban J connectivity index is 2.90. The number of aldehydes is 1. The lowest BCUT2D eigenvalue weighted by Crippen LogP contribution is -2.25. The van der Waals surface area contributed by atoms with Crippen LogP contribution in [0, 0.1) is 48.9 Å². The van der Waals surface area contributed by atoms with Crippen LogP contribution in [0.15, 0.2) is 23.4 Å². The van der Waals surface area contributed by atoms with E-state index in [1.54, 1.807) is 0 Å². The zero-order chi connectivity index (χ0) is 22.0. The molecule has 1 aliphatic rings. The molecule has 0 saturated carbocycles. The van der Waals surface area contributed by atoms with Crippen molar-refractivity contribution in [2.45, 2.75) is 64.7 Å². The van der Waals surface area contributed by atoms with Gasteiger partial charge in [0.25, 0.3) is 0 Å². The van der Waals surface area contributed by atoms with Crippen LogP contribution < -0.4 is 0 Å². The van der Waals surface area contributed by atoms with Gasteiger partial charge in [0.2, 0.25) is 0 Å². The van der Waals surface area contributed by atoms with Gasteiger partial charge in [0.1, 0.15) is 12.0 Å². The second-order valence-corrected chi connectivity index (χ2v) is 7.26. The van der Waals surface area contributed by atoms with E-state index in [1.807, 2.05) is 13.0 Å². The van der Waals surface area contributed by atoms with Crippen molar-refractivity contribution in [3.8, 4) is 37.0 Å². The molecule has 2 unspecified atom stereocenters. The lowest BCUT2D eigenvalue weighted by atomic mass is 9.88. The molecular weight excluding hydrogens is 376 g/mol. The highest BCUT2D eigenvalue weighted by atomic mass is 16.5. The molecule has 0 heterocycles. The maximum absolute atomic E-state index is 11.6. The van der Waals surface area contributed by atoms with E-state index < -0.39 is 0 Å². The third-order valence-electron chi connectivity index (χ3n) is 4.85. The third kappa shape index (κ3) is 9.15. The SMILES string of the molecule is C#CCCCCOC1=CC(C=O)C(C)C(OCCCCC#C)=C1OCCCCC#C. The highest BCUT2D eigenvalue weighted by molar-refractivity contribution is 5.60. The summed E-state index contributed by atoms with van der Waals surface area (Å²) < 4.78 is 18.2. The van der Waals surface area contributed by atoms with Gasteiger partial charge in [-0.15, -0.1) is 37.0 Å². The molecule has 0 saturated heterocycles. The van der Waals surface area contributed by atoms with Crippen molar-refractivity contribution >= 4 is 6.29 Å². The molecule has 0 bridgehead atoms. The van der Waals surface area contributed by atoms with Gasteiger partial charge in [-0.25, -0.2) is 0 Å². The number of carbonyl (C=O) groups excluding carboxylic acids is 1. The predicted molar refractivity (Wildman–Crippen MR) is 120 cm³/mol. The van der Waals surface area contributed by atoms with E-state index >= 15 is 0 Å². The van der Waals surface area contributed by atoms with Crippen LogP contribution >= 0.6 is 0 Å². The molecule has 0 fully saturated rings. The van der Waals surface area contributed by atoms with Crippen molar-refractivity contribution in [1.82, 2.24) is 0 Å². The Morgan fingerprint density at radius 2 is 1.33 bits per heavy atom. The van der Waals surface area contributed by atoms with Crippen LogP contribution in [0.2, 0.25) is 0 Å². The molecule has 2 atom stereocenters. The molecule has 30 heavy (non-hydrogen) atoms. The summed E-state index contributed by atoms with van der Waals surface area (Å²) in [5, 5.41) is 0. The second-order valence-electron chi connectivity index (χ2n) is 7.26. The number of ether oxygens (including phenoxy) is 3. The van der Waals surface area contributed by atoms with Gasteiger partial charge in [0.05, 0.1) is 19.8 Å². The Hall–Kier alpha value is -2.77. The molecule has 0 aromatic heterocycles. The Labute approximate surface area is 182 Å². The number of unbranched alkanes of at least 4 members (excludes halogenated alkanes) is 6. The number of hydrogen-bond acceptors (Lipinski definition) is 4. The molecule has 0 aliphatic heterocycles. The van der Waals surface area contributed by atoms with Crippen molar-refractivity contribution in [3.05, 3.63) is 23.4 Å². The van der Waals surface area contributed by atoms with Gasteiger partial charge < -0.3 is 19.0 Å². The smallest absolute Gasteiger partial charge is 0.199 e. The van der Waals surface area contributed by atoms with Gasteiger partial charge >= 0.3 is 0 Å². The maximum Gasteiger partial charge on any atom is 0.199 e. The number of hydrogen-bond donors (Lipinski definition) is 0. The molecule has 1 rings (SSSR count). The predicted octanol–water partition coefficient (Wildman–Crippen LogP) is 5.01. The van der Waals surface area contributed by atoms with Crippen LogP contribution in [0.1, 0.15) is 64.7 Å². The van der Waals surface area contributed by atoms with Crippen LogP contribution in [-0.4, -0.2) is 26.1 Å². The van der Waals surface area contributed by atoms with Gasteiger partial charge in [0, 0.05) is 31.1 Å². The molecule has 162 valence electrons. The molecule has 4 nitrogen and oxygen atoms in total. The molecule has 0 aromatic rings. The fourth-order valence-corrected chi connectivity index (χ4v) is 3.03. The van der Waals surface area contributed by atoms with Gasteiger partial charge in [-0.1, -0.05) is 6.92 Å². The number of allylic oxidation sites excluding steroid dienone is 2. The fourth-order valence-electron chi connectivity index (χ4n) is 3.03. The minimum Gasteiger partial charge on any atom is -0.494 e. The van der Waals surface area contributed by atoms with Gasteiger partial charge in [-0.3, -0.25) is 0 Å². The van der Waals surface area contributed by atoms with E-state index in [2.05, 4.69) is 17.8 Å². The summed E-state index contributed by atoms with van der Waals surface area (Å²) in [6.07, 6.45) is 26.0. The lowest BCUT2D eigenvalue weighted by Gasteiger charge is -2.29. The highest BCUT2D eigenvalue weighted by Gasteiger charge is 2.32. The van der Waals surface area contributed by atoms with Crippen molar-refractivity contribution in [2.24, 2.45) is 11.8 Å². The zero-order valence-electron chi connectivity index (χ0n) is 18.2. The minimum absolute atomic E-state index is 0.121. The van der Waals surface area contributed by atoms with Crippen molar-refractivity contribution in [1.29, 1.82) is 0 Å². The summed E-state index contributed by atoms with van der Waals surface area (Å²) in [4.78, 5) is 11.6. The fraction of sp³-hybridized carbons (Fsp3) is 0.577. The first-order chi connectivity index (χ1) is 14.7. The van der Waals surface area contributed by atoms with Gasteiger partial charge in [0.15, 0.2) is 11.5 Å². The summed E-state index contributed by atoms with van der Waals surface area (Å²) in [6, 6.07) is 0. The third-order valence-corrected chi connectivity index (χ3v) is 4.85. The first-order valence-corrected chi connectivity index (χ1v) is 10.8. The lowest BCUT2D eigenvalue weighted by molar-refractivity contribution is -0.111. The van der Waals surface area contributed by atoms with Crippen LogP contribution in [-0.2, 0) is 19.0 Å². The first-order valence-electron chi connectivity index (χ1n) is 10.8. The Kier molecular flexibility index (Phi) is 13.5. The average Bonchev–Trinajstić information content (AvgIpc) is 2.75. The molecule has 1 aliphatic carbocycles. The van der Waals surface area contributed by atoms with E-state index in [0.29, 0.717) is 37.1 Å². The van der Waals surface area contributed by atoms with Crippen LogP contribution in [0.25, 0.3) is 0 Å². The summed E-state index contributed by atoms with van der Waals surface area (Å²) in [5.41, 5.74) is 0. The summed E-state index contributed by atoms with van der Waals surface area (Å²) in [5.74, 6) is 9.30. The molecule has 0 N–H and O–H groups in total. The quantitative estimate of drug-likeness (QED) is 0.204. The van der Waals surface area contributed by atoms with E-state index in [-0.39, 0.29) is 11.8 Å². The molecule has 0 amide bonds. The topological polar surface area (TPSA) is 44.8 Å². The van der Waals surface area contributed by atoms with Crippen molar-refractivity contribution in [3.63, 3.8) is 0 Å². The average molecular weight is 411 g/mol. The summed E-state index contributed by atoms with van der Waals surface area (Å²) >= 11 is 0. The van der Waals surface area contributed by atoms with E-state index in [1.165, 1.54) is 0 Å². The van der Waals surface area contributed by atoms with E-state index in [0.717, 1.165) is 64.1 Å². The van der Waals surface area contributed by atoms with Crippen LogP contribution in [0.5, 0.6) is 0 Å². The first kappa shape index (κ1) is 25.3. The van der Waals surface area contributed by atoms with Crippen LogP contribution in [0.4, 0.5) is 0 Å². The minimum atomic E-state index is -0.319. The van der Waals surface area contributed by atoms with E-state index in [4.69, 9.17) is 33.5 Å². The Morgan fingerprint density at radius 1 is 0.833 bits per heavy atom. The number of terminal acetylenes is 3. The highest BCUT2D eigenvalue weighted by Crippen LogP contribution is 2.35. The van der Waals surface area contributed by atoms with Crippen LogP contribution in [0.3, 0.4) is 0 Å². The summed E-state index contributed by atoms with van der Waals surface area (Å²) in [7, 11) is 0. The largest absolute Gasteiger partial charge is 0.494 e. The van der Waals surface area contributed by atoms with Crippen molar-refractivity contribution < 1.29 is 19.0 Å². The molecule has 0 radical (unpaired) electrons. The molecule has 0 spiro atoms. The van der Waals surface area contributed by atoms with Gasteiger partial charge in [-0.2, -0.15) is 0 Å². The van der Waals surface area contributed by atoms with E-state index in [9.17, 15) is 4.79 Å². The zero-order valence-corrected chi connectivity index (χ0v) is 18.2. The maximum atomic E-state index is 11.6. The second kappa shape index (κ2) is 16.1. The monoisotopic (exact) mass is 410 g/mol. The van der Waals surface area contributed by atoms with Gasteiger partial charge in [-0.05, 0) is 44.6 Å². The number of carbonyl (C=O) groups is 1. The van der Waals surface area contributed by atoms with Crippen molar-refractivity contribution in [2.75, 3.05) is 19.8 Å².